The number of nitrogens with zero attached hydrogens (tertiary/aromatic N) is 3. The lowest BCUT2D eigenvalue weighted by Gasteiger charge is -2.36. The molecule has 0 atom stereocenters. The van der Waals surface area contributed by atoms with Gasteiger partial charge >= 0.3 is 5.97 Å². The average Bonchev–Trinajstić information content (AvgIpc) is 3.41. The molecule has 156 valence electrons. The van der Waals surface area contributed by atoms with Crippen LogP contribution in [0.2, 0.25) is 0 Å². The highest BCUT2D eigenvalue weighted by Gasteiger charge is 2.32. The summed E-state index contributed by atoms with van der Waals surface area (Å²) in [4.78, 5) is 18.8. The summed E-state index contributed by atoms with van der Waals surface area (Å²) in [5, 5.41) is 15.2. The van der Waals surface area contributed by atoms with Crippen LogP contribution in [0.5, 0.6) is 0 Å². The molecule has 0 spiro atoms. The van der Waals surface area contributed by atoms with Crippen molar-refractivity contribution in [2.24, 2.45) is 5.92 Å². The maximum atomic E-state index is 10.9. The molecule has 7 heteroatoms. The second kappa shape index (κ2) is 8.45. The third-order valence-corrected chi connectivity index (χ3v) is 6.40. The van der Waals surface area contributed by atoms with Crippen molar-refractivity contribution in [1.82, 2.24) is 15.0 Å². The lowest BCUT2D eigenvalue weighted by molar-refractivity contribution is -0.147. The summed E-state index contributed by atoms with van der Waals surface area (Å²) in [6.45, 7) is 1.96. The Kier molecular flexibility index (Phi) is 5.36. The number of carboxylic acids is 1. The Hall–Kier alpha value is -3.29. The first kappa shape index (κ1) is 19.7. The largest absolute Gasteiger partial charge is 0.481 e. The normalized spacial score (nSPS) is 14.5. The Morgan fingerprint density at radius 3 is 2.55 bits per heavy atom. The van der Waals surface area contributed by atoms with Gasteiger partial charge in [-0.2, -0.15) is 4.98 Å². The summed E-state index contributed by atoms with van der Waals surface area (Å²) in [6.07, 6.45) is 0.887. The van der Waals surface area contributed by atoms with E-state index in [4.69, 9.17) is 9.63 Å². The van der Waals surface area contributed by atoms with Crippen LogP contribution in [0.15, 0.2) is 70.6 Å². The number of thiophene rings is 1. The summed E-state index contributed by atoms with van der Waals surface area (Å²) in [6, 6.07) is 20.6. The Morgan fingerprint density at radius 2 is 1.81 bits per heavy atom. The fourth-order valence-corrected chi connectivity index (χ4v) is 4.61. The third kappa shape index (κ3) is 4.42. The molecule has 5 rings (SSSR count). The van der Waals surface area contributed by atoms with Gasteiger partial charge in [0.05, 0.1) is 5.92 Å². The van der Waals surface area contributed by atoms with E-state index in [2.05, 4.69) is 57.5 Å². The minimum atomic E-state index is -0.712. The zero-order valence-corrected chi connectivity index (χ0v) is 17.6. The number of carboxylic acid groups (broad SMARTS) is 1. The molecule has 1 N–H and O–H groups in total. The van der Waals surface area contributed by atoms with Crippen molar-refractivity contribution >= 4 is 17.3 Å². The van der Waals surface area contributed by atoms with Gasteiger partial charge in [-0.05, 0) is 35.7 Å². The van der Waals surface area contributed by atoms with Gasteiger partial charge in [0.25, 0.3) is 5.89 Å². The second-order valence-corrected chi connectivity index (χ2v) is 8.81. The Balaban J connectivity index is 1.23. The smallest absolute Gasteiger partial charge is 0.309 e. The van der Waals surface area contributed by atoms with E-state index in [0.29, 0.717) is 24.8 Å². The zero-order chi connectivity index (χ0) is 21.2. The highest BCUT2D eigenvalue weighted by molar-refractivity contribution is 7.10. The first-order chi connectivity index (χ1) is 15.1. The predicted octanol–water partition coefficient (Wildman–Crippen LogP) is 4.57. The van der Waals surface area contributed by atoms with Gasteiger partial charge in [0.2, 0.25) is 5.82 Å². The topological polar surface area (TPSA) is 79.5 Å². The van der Waals surface area contributed by atoms with Gasteiger partial charge < -0.3 is 9.63 Å². The molecule has 3 heterocycles. The molecule has 0 aliphatic carbocycles. The van der Waals surface area contributed by atoms with Crippen LogP contribution in [-0.4, -0.2) is 39.2 Å². The van der Waals surface area contributed by atoms with E-state index < -0.39 is 5.97 Å². The molecule has 0 bridgehead atoms. The molecule has 2 aromatic carbocycles. The lowest BCUT2D eigenvalue weighted by Crippen LogP contribution is -2.49. The van der Waals surface area contributed by atoms with Gasteiger partial charge in [-0.25, -0.2) is 0 Å². The Morgan fingerprint density at radius 1 is 1.06 bits per heavy atom. The fourth-order valence-electron chi connectivity index (χ4n) is 3.71. The molecule has 2 aromatic heterocycles. The van der Waals surface area contributed by atoms with Crippen LogP contribution in [0.1, 0.15) is 16.0 Å². The van der Waals surface area contributed by atoms with E-state index >= 15 is 0 Å². The van der Waals surface area contributed by atoms with Gasteiger partial charge in [0.1, 0.15) is 0 Å². The van der Waals surface area contributed by atoms with Crippen LogP contribution in [0.4, 0.5) is 0 Å². The average molecular weight is 432 g/mol. The molecule has 1 aliphatic heterocycles. The Bertz CT molecular complexity index is 1180. The first-order valence-electron chi connectivity index (χ1n) is 10.1. The van der Waals surface area contributed by atoms with Crippen LogP contribution < -0.4 is 0 Å². The van der Waals surface area contributed by atoms with E-state index in [1.54, 1.807) is 11.3 Å². The van der Waals surface area contributed by atoms with Crippen LogP contribution >= 0.6 is 11.3 Å². The molecule has 6 nitrogen and oxygen atoms in total. The molecule has 1 fully saturated rings. The van der Waals surface area contributed by atoms with Crippen molar-refractivity contribution in [1.29, 1.82) is 0 Å². The fraction of sp³-hybridized carbons (Fsp3) is 0.208. The van der Waals surface area contributed by atoms with Crippen LogP contribution in [-0.2, 0) is 17.8 Å². The highest BCUT2D eigenvalue weighted by atomic mass is 32.1. The van der Waals surface area contributed by atoms with Crippen LogP contribution in [0.25, 0.3) is 22.8 Å². The molecule has 31 heavy (non-hydrogen) atoms. The van der Waals surface area contributed by atoms with Crippen molar-refractivity contribution in [2.75, 3.05) is 13.1 Å². The van der Waals surface area contributed by atoms with Crippen molar-refractivity contribution in [3.8, 4) is 22.8 Å². The first-order valence-corrected chi connectivity index (χ1v) is 11.0. The maximum absolute atomic E-state index is 10.9. The van der Waals surface area contributed by atoms with Crippen LogP contribution in [0.3, 0.4) is 0 Å². The number of aliphatic carboxylic acids is 1. The second-order valence-electron chi connectivity index (χ2n) is 7.81. The molecular formula is C24H21N3O3S. The van der Waals surface area contributed by atoms with E-state index in [0.717, 1.165) is 29.0 Å². The van der Waals surface area contributed by atoms with Crippen molar-refractivity contribution in [3.05, 3.63) is 82.0 Å². The minimum Gasteiger partial charge on any atom is -0.481 e. The summed E-state index contributed by atoms with van der Waals surface area (Å²) in [7, 11) is 0. The lowest BCUT2D eigenvalue weighted by atomic mass is 10.0. The highest BCUT2D eigenvalue weighted by Crippen LogP contribution is 2.29. The van der Waals surface area contributed by atoms with Gasteiger partial charge in [-0.3, -0.25) is 9.69 Å². The molecule has 0 amide bonds. The van der Waals surface area contributed by atoms with Crippen LogP contribution in [0, 0.1) is 5.92 Å². The van der Waals surface area contributed by atoms with Gasteiger partial charge in [-0.1, -0.05) is 47.6 Å². The number of benzene rings is 2. The number of hydrogen-bond acceptors (Lipinski definition) is 6. The van der Waals surface area contributed by atoms with Crippen molar-refractivity contribution in [2.45, 2.75) is 13.0 Å². The number of aromatic nitrogens is 2. The van der Waals surface area contributed by atoms with E-state index in [-0.39, 0.29) is 5.92 Å². The number of rotatable bonds is 7. The Labute approximate surface area is 183 Å². The van der Waals surface area contributed by atoms with Crippen molar-refractivity contribution in [3.63, 3.8) is 0 Å². The minimum absolute atomic E-state index is 0.238. The van der Waals surface area contributed by atoms with Crippen molar-refractivity contribution < 1.29 is 14.4 Å². The number of carbonyl (C=O) groups is 1. The quantitative estimate of drug-likeness (QED) is 0.462. The zero-order valence-electron chi connectivity index (χ0n) is 16.8. The molecule has 0 saturated carbocycles. The third-order valence-electron chi connectivity index (χ3n) is 5.48. The van der Waals surface area contributed by atoms with E-state index in [1.165, 1.54) is 11.1 Å². The predicted molar refractivity (Wildman–Crippen MR) is 119 cm³/mol. The monoisotopic (exact) mass is 431 g/mol. The van der Waals surface area contributed by atoms with Gasteiger partial charge in [0.15, 0.2) is 0 Å². The van der Waals surface area contributed by atoms with E-state index in [9.17, 15) is 4.79 Å². The van der Waals surface area contributed by atoms with E-state index in [1.807, 2.05) is 23.6 Å². The molecule has 0 unspecified atom stereocenters. The standard InChI is InChI=1S/C24H21N3O3S/c28-24(29)20-12-27(13-20)14-21-11-19(15-31-21)22-25-23(30-26-22)18-8-6-17(7-9-18)10-16-4-2-1-3-5-16/h1-9,11,15,20H,10,12-14H2,(H,28,29). The summed E-state index contributed by atoms with van der Waals surface area (Å²) in [5.74, 6) is 0.118. The summed E-state index contributed by atoms with van der Waals surface area (Å²) < 4.78 is 5.49. The number of hydrogen-bond donors (Lipinski definition) is 1. The molecular weight excluding hydrogens is 410 g/mol. The molecule has 4 aromatic rings. The van der Waals surface area contributed by atoms with Gasteiger partial charge in [0, 0.05) is 41.0 Å². The summed E-state index contributed by atoms with van der Waals surface area (Å²) >= 11 is 1.63. The maximum Gasteiger partial charge on any atom is 0.309 e. The molecule has 1 saturated heterocycles. The number of likely N-dealkylation sites (tertiary alicyclic amines) is 1. The molecule has 1 aliphatic rings. The van der Waals surface area contributed by atoms with Gasteiger partial charge in [-0.15, -0.1) is 11.3 Å². The summed E-state index contributed by atoms with van der Waals surface area (Å²) in [5.41, 5.74) is 4.32. The SMILES string of the molecule is O=C(O)C1CN(Cc2cc(-c3noc(-c4ccc(Cc5ccccc5)cc4)n3)cs2)C1. The molecule has 0 radical (unpaired) electrons.